The van der Waals surface area contributed by atoms with Crippen LogP contribution in [0, 0.1) is 6.92 Å². The second kappa shape index (κ2) is 4.53. The van der Waals surface area contributed by atoms with Crippen LogP contribution in [0.25, 0.3) is 0 Å². The molecule has 1 atom stereocenters. The highest BCUT2D eigenvalue weighted by Gasteiger charge is 2.14. The third-order valence-electron chi connectivity index (χ3n) is 2.93. The van der Waals surface area contributed by atoms with E-state index >= 15 is 0 Å². The molecule has 0 saturated carbocycles. The van der Waals surface area contributed by atoms with Gasteiger partial charge < -0.3 is 16.4 Å². The highest BCUT2D eigenvalue weighted by atomic mass is 16.1. The molecule has 4 heteroatoms. The number of amides is 1. The molecule has 1 fully saturated rings. The fraction of sp³-hybridized carbons (Fsp3) is 0.417. The predicted molar refractivity (Wildman–Crippen MR) is 64.6 cm³/mol. The van der Waals surface area contributed by atoms with E-state index in [4.69, 9.17) is 5.73 Å². The van der Waals surface area contributed by atoms with Crippen molar-refractivity contribution in [1.82, 2.24) is 5.32 Å². The maximum Gasteiger partial charge on any atom is 0.248 e. The van der Waals surface area contributed by atoms with Crippen LogP contribution in [0.15, 0.2) is 18.2 Å². The fourth-order valence-electron chi connectivity index (χ4n) is 1.98. The predicted octanol–water partition coefficient (Wildman–Crippen LogP) is 0.868. The SMILES string of the molecule is Cc1cc(C(N)=O)ccc1NC1CCNC1. The van der Waals surface area contributed by atoms with Crippen LogP contribution in [-0.2, 0) is 0 Å². The first-order chi connectivity index (χ1) is 7.66. The van der Waals surface area contributed by atoms with Crippen LogP contribution >= 0.6 is 0 Å². The van der Waals surface area contributed by atoms with E-state index in [2.05, 4.69) is 10.6 Å². The van der Waals surface area contributed by atoms with Crippen LogP contribution in [0.2, 0.25) is 0 Å². The van der Waals surface area contributed by atoms with Gasteiger partial charge in [-0.15, -0.1) is 0 Å². The number of hydrogen-bond acceptors (Lipinski definition) is 3. The van der Waals surface area contributed by atoms with Crippen LogP contribution < -0.4 is 16.4 Å². The molecule has 0 radical (unpaired) electrons. The molecular weight excluding hydrogens is 202 g/mol. The Morgan fingerprint density at radius 1 is 1.56 bits per heavy atom. The zero-order valence-corrected chi connectivity index (χ0v) is 9.42. The van der Waals surface area contributed by atoms with E-state index in [9.17, 15) is 4.79 Å². The Morgan fingerprint density at radius 2 is 2.38 bits per heavy atom. The van der Waals surface area contributed by atoms with Crippen molar-refractivity contribution in [1.29, 1.82) is 0 Å². The Hall–Kier alpha value is -1.55. The zero-order valence-electron chi connectivity index (χ0n) is 9.42. The number of carbonyl (C=O) groups excluding carboxylic acids is 1. The molecule has 1 heterocycles. The van der Waals surface area contributed by atoms with E-state index in [0.717, 1.165) is 30.8 Å². The third kappa shape index (κ3) is 2.33. The van der Waals surface area contributed by atoms with Gasteiger partial charge in [-0.1, -0.05) is 0 Å². The summed E-state index contributed by atoms with van der Waals surface area (Å²) in [5.74, 6) is -0.378. The van der Waals surface area contributed by atoms with E-state index in [1.165, 1.54) is 0 Å². The van der Waals surface area contributed by atoms with Crippen molar-refractivity contribution in [2.24, 2.45) is 5.73 Å². The van der Waals surface area contributed by atoms with Gasteiger partial charge in [0.05, 0.1) is 0 Å². The van der Waals surface area contributed by atoms with Gasteiger partial charge in [0, 0.05) is 23.8 Å². The molecule has 0 bridgehead atoms. The Labute approximate surface area is 95.2 Å². The number of hydrogen-bond donors (Lipinski definition) is 3. The van der Waals surface area contributed by atoms with Crippen LogP contribution in [0.5, 0.6) is 0 Å². The molecule has 2 rings (SSSR count). The van der Waals surface area contributed by atoms with Gasteiger partial charge in [-0.25, -0.2) is 0 Å². The maximum absolute atomic E-state index is 11.0. The third-order valence-corrected chi connectivity index (χ3v) is 2.93. The molecule has 1 unspecified atom stereocenters. The van der Waals surface area contributed by atoms with Crippen molar-refractivity contribution in [3.8, 4) is 0 Å². The largest absolute Gasteiger partial charge is 0.381 e. The summed E-state index contributed by atoms with van der Waals surface area (Å²) in [6.45, 7) is 4.05. The summed E-state index contributed by atoms with van der Waals surface area (Å²) in [7, 11) is 0. The summed E-state index contributed by atoms with van der Waals surface area (Å²) in [6.07, 6.45) is 1.14. The summed E-state index contributed by atoms with van der Waals surface area (Å²) in [6, 6.07) is 6.00. The van der Waals surface area contributed by atoms with Crippen molar-refractivity contribution in [2.45, 2.75) is 19.4 Å². The quantitative estimate of drug-likeness (QED) is 0.706. The summed E-state index contributed by atoms with van der Waals surface area (Å²) in [5.41, 5.74) is 7.93. The first-order valence-electron chi connectivity index (χ1n) is 5.54. The normalized spacial score (nSPS) is 19.7. The second-order valence-corrected chi connectivity index (χ2v) is 4.23. The van der Waals surface area contributed by atoms with Crippen LogP contribution in [0.1, 0.15) is 22.3 Å². The smallest absolute Gasteiger partial charge is 0.248 e. The first kappa shape index (κ1) is 11.0. The van der Waals surface area contributed by atoms with E-state index in [1.54, 1.807) is 6.07 Å². The average molecular weight is 219 g/mol. The average Bonchev–Trinajstić information content (AvgIpc) is 2.73. The summed E-state index contributed by atoms with van der Waals surface area (Å²) >= 11 is 0. The molecule has 0 spiro atoms. The number of benzene rings is 1. The van der Waals surface area contributed by atoms with Gasteiger partial charge in [-0.2, -0.15) is 0 Å². The van der Waals surface area contributed by atoms with E-state index in [0.29, 0.717) is 11.6 Å². The molecule has 1 aliphatic heterocycles. The van der Waals surface area contributed by atoms with E-state index < -0.39 is 0 Å². The molecule has 1 aromatic carbocycles. The summed E-state index contributed by atoms with van der Waals surface area (Å²) in [4.78, 5) is 11.0. The number of rotatable bonds is 3. The molecule has 1 amide bonds. The number of nitrogens with two attached hydrogens (primary N) is 1. The minimum atomic E-state index is -0.378. The Morgan fingerprint density at radius 3 is 2.94 bits per heavy atom. The number of nitrogens with one attached hydrogen (secondary N) is 2. The molecule has 0 aromatic heterocycles. The number of aryl methyl sites for hydroxylation is 1. The first-order valence-corrected chi connectivity index (χ1v) is 5.54. The van der Waals surface area contributed by atoms with Gasteiger partial charge in [-0.05, 0) is 43.7 Å². The van der Waals surface area contributed by atoms with Gasteiger partial charge >= 0.3 is 0 Å². The van der Waals surface area contributed by atoms with Gasteiger partial charge in [0.1, 0.15) is 0 Å². The van der Waals surface area contributed by atoms with Crippen molar-refractivity contribution in [3.63, 3.8) is 0 Å². The lowest BCUT2D eigenvalue weighted by atomic mass is 10.1. The van der Waals surface area contributed by atoms with Crippen molar-refractivity contribution >= 4 is 11.6 Å². The van der Waals surface area contributed by atoms with Gasteiger partial charge in [0.15, 0.2) is 0 Å². The number of carbonyl (C=O) groups is 1. The van der Waals surface area contributed by atoms with Gasteiger partial charge in [0.25, 0.3) is 0 Å². The minimum Gasteiger partial charge on any atom is -0.381 e. The van der Waals surface area contributed by atoms with Crippen LogP contribution in [0.4, 0.5) is 5.69 Å². The molecule has 86 valence electrons. The van der Waals surface area contributed by atoms with Crippen molar-refractivity contribution < 1.29 is 4.79 Å². The minimum absolute atomic E-state index is 0.378. The zero-order chi connectivity index (χ0) is 11.5. The molecule has 0 aliphatic carbocycles. The Bertz CT molecular complexity index is 397. The molecular formula is C12H17N3O. The molecule has 1 saturated heterocycles. The van der Waals surface area contributed by atoms with Gasteiger partial charge in [-0.3, -0.25) is 4.79 Å². The summed E-state index contributed by atoms with van der Waals surface area (Å²) in [5, 5.41) is 6.77. The Balaban J connectivity index is 2.12. The standard InChI is InChI=1S/C12H17N3O/c1-8-6-9(12(13)16)2-3-11(8)15-10-4-5-14-7-10/h2-3,6,10,14-15H,4-5,7H2,1H3,(H2,13,16). The highest BCUT2D eigenvalue weighted by molar-refractivity contribution is 5.93. The molecule has 4 N–H and O–H groups in total. The molecule has 1 aromatic rings. The highest BCUT2D eigenvalue weighted by Crippen LogP contribution is 2.18. The van der Waals surface area contributed by atoms with Gasteiger partial charge in [0.2, 0.25) is 5.91 Å². The monoisotopic (exact) mass is 219 g/mol. The van der Waals surface area contributed by atoms with Crippen molar-refractivity contribution in [2.75, 3.05) is 18.4 Å². The fourth-order valence-corrected chi connectivity index (χ4v) is 1.98. The Kier molecular flexibility index (Phi) is 3.10. The summed E-state index contributed by atoms with van der Waals surface area (Å²) < 4.78 is 0. The second-order valence-electron chi connectivity index (χ2n) is 4.23. The molecule has 4 nitrogen and oxygen atoms in total. The topological polar surface area (TPSA) is 67.2 Å². The van der Waals surface area contributed by atoms with Crippen LogP contribution in [-0.4, -0.2) is 25.0 Å². The van der Waals surface area contributed by atoms with E-state index in [1.807, 2.05) is 19.1 Å². The maximum atomic E-state index is 11.0. The van der Waals surface area contributed by atoms with E-state index in [-0.39, 0.29) is 5.91 Å². The lowest BCUT2D eigenvalue weighted by Gasteiger charge is -2.15. The van der Waals surface area contributed by atoms with Crippen molar-refractivity contribution in [3.05, 3.63) is 29.3 Å². The lowest BCUT2D eigenvalue weighted by molar-refractivity contribution is 0.100. The molecule has 1 aliphatic rings. The number of primary amides is 1. The lowest BCUT2D eigenvalue weighted by Crippen LogP contribution is -2.22. The van der Waals surface area contributed by atoms with Crippen LogP contribution in [0.3, 0.4) is 0 Å². The number of anilines is 1. The molecule has 16 heavy (non-hydrogen) atoms.